The van der Waals surface area contributed by atoms with Gasteiger partial charge in [0.2, 0.25) is 10.0 Å². The van der Waals surface area contributed by atoms with Crippen LogP contribution in [0.25, 0.3) is 0 Å². The van der Waals surface area contributed by atoms with Gasteiger partial charge in [-0.1, -0.05) is 37.3 Å². The lowest BCUT2D eigenvalue weighted by Gasteiger charge is -2.16. The lowest BCUT2D eigenvalue weighted by molar-refractivity contribution is 0.572. The minimum atomic E-state index is -3.56. The molecule has 0 aliphatic carbocycles. The Morgan fingerprint density at radius 2 is 2.06 bits per heavy atom. The molecular formula is C11H16N2O2S2. The third-order valence-electron chi connectivity index (χ3n) is 2.43. The maximum absolute atomic E-state index is 12.1. The van der Waals surface area contributed by atoms with Gasteiger partial charge >= 0.3 is 0 Å². The molecule has 0 bridgehead atoms. The van der Waals surface area contributed by atoms with E-state index in [2.05, 4.69) is 4.72 Å². The summed E-state index contributed by atoms with van der Waals surface area (Å²) in [6.07, 6.45) is 0.528. The number of thiocarbonyl (C=S) groups is 1. The summed E-state index contributed by atoms with van der Waals surface area (Å²) >= 11 is 4.82. The van der Waals surface area contributed by atoms with E-state index in [1.807, 2.05) is 6.92 Å². The summed E-state index contributed by atoms with van der Waals surface area (Å²) < 4.78 is 26.7. The normalized spacial score (nSPS) is 13.3. The summed E-state index contributed by atoms with van der Waals surface area (Å²) in [7, 11) is -3.56. The molecule has 0 aliphatic heterocycles. The van der Waals surface area contributed by atoms with Crippen molar-refractivity contribution in [2.75, 3.05) is 0 Å². The Morgan fingerprint density at radius 3 is 2.53 bits per heavy atom. The number of rotatable bonds is 5. The Balaban J connectivity index is 3.05. The maximum Gasteiger partial charge on any atom is 0.241 e. The van der Waals surface area contributed by atoms with Crippen LogP contribution in [0.5, 0.6) is 0 Å². The van der Waals surface area contributed by atoms with E-state index in [0.717, 1.165) is 0 Å². The SMILES string of the molecule is CCC(NS(=O)(=O)c1ccccc1C)C(N)=S. The van der Waals surface area contributed by atoms with Crippen molar-refractivity contribution >= 4 is 27.2 Å². The van der Waals surface area contributed by atoms with Crippen LogP contribution in [0.1, 0.15) is 18.9 Å². The zero-order valence-corrected chi connectivity index (χ0v) is 11.4. The van der Waals surface area contributed by atoms with Crippen molar-refractivity contribution in [2.45, 2.75) is 31.2 Å². The number of benzene rings is 1. The van der Waals surface area contributed by atoms with Gasteiger partial charge in [-0.15, -0.1) is 0 Å². The Hall–Kier alpha value is -0.980. The molecule has 0 saturated carbocycles. The monoisotopic (exact) mass is 272 g/mol. The van der Waals surface area contributed by atoms with Gasteiger partial charge in [0, 0.05) is 0 Å². The van der Waals surface area contributed by atoms with Crippen LogP contribution in [0.4, 0.5) is 0 Å². The summed E-state index contributed by atoms with van der Waals surface area (Å²) in [6, 6.07) is 6.28. The van der Waals surface area contributed by atoms with E-state index >= 15 is 0 Å². The second-order valence-electron chi connectivity index (χ2n) is 3.75. The molecule has 1 atom stereocenters. The van der Waals surface area contributed by atoms with Gasteiger partial charge in [0.1, 0.15) is 0 Å². The topological polar surface area (TPSA) is 72.2 Å². The highest BCUT2D eigenvalue weighted by Gasteiger charge is 2.21. The predicted octanol–water partition coefficient (Wildman–Crippen LogP) is 1.34. The smallest absolute Gasteiger partial charge is 0.241 e. The fourth-order valence-corrected chi connectivity index (χ4v) is 3.30. The minimum absolute atomic E-state index is 0.157. The third kappa shape index (κ3) is 3.49. The fraction of sp³-hybridized carbons (Fsp3) is 0.364. The van der Waals surface area contributed by atoms with Crippen molar-refractivity contribution in [2.24, 2.45) is 5.73 Å². The molecule has 0 spiro atoms. The third-order valence-corrected chi connectivity index (χ3v) is 4.35. The van der Waals surface area contributed by atoms with Gasteiger partial charge in [-0.05, 0) is 25.0 Å². The van der Waals surface area contributed by atoms with Gasteiger partial charge in [0.25, 0.3) is 0 Å². The second-order valence-corrected chi connectivity index (χ2v) is 5.90. The molecule has 3 N–H and O–H groups in total. The number of hydrogen-bond acceptors (Lipinski definition) is 3. The molecule has 1 aromatic rings. The van der Waals surface area contributed by atoms with E-state index in [0.29, 0.717) is 12.0 Å². The van der Waals surface area contributed by atoms with E-state index in [-0.39, 0.29) is 9.88 Å². The van der Waals surface area contributed by atoms with E-state index < -0.39 is 16.1 Å². The zero-order chi connectivity index (χ0) is 13.1. The first-order valence-electron chi connectivity index (χ1n) is 5.25. The Labute approximate surface area is 107 Å². The van der Waals surface area contributed by atoms with Crippen molar-refractivity contribution in [3.63, 3.8) is 0 Å². The van der Waals surface area contributed by atoms with Crippen molar-refractivity contribution in [1.29, 1.82) is 0 Å². The molecule has 0 amide bonds. The highest BCUT2D eigenvalue weighted by atomic mass is 32.2. The highest BCUT2D eigenvalue weighted by molar-refractivity contribution is 7.89. The van der Waals surface area contributed by atoms with Gasteiger partial charge in [0.05, 0.1) is 15.9 Å². The summed E-state index contributed by atoms with van der Waals surface area (Å²) in [5.41, 5.74) is 6.17. The molecule has 6 heteroatoms. The molecule has 0 heterocycles. The first-order chi connectivity index (χ1) is 7.88. The predicted molar refractivity (Wildman–Crippen MR) is 72.4 cm³/mol. The molecule has 94 valence electrons. The van der Waals surface area contributed by atoms with E-state index in [4.69, 9.17) is 18.0 Å². The number of sulfonamides is 1. The van der Waals surface area contributed by atoms with Crippen molar-refractivity contribution in [3.05, 3.63) is 29.8 Å². The number of nitrogens with two attached hydrogens (primary N) is 1. The van der Waals surface area contributed by atoms with Gasteiger partial charge in [-0.2, -0.15) is 0 Å². The number of nitrogens with one attached hydrogen (secondary N) is 1. The van der Waals surface area contributed by atoms with Crippen LogP contribution in [-0.4, -0.2) is 19.4 Å². The van der Waals surface area contributed by atoms with Crippen LogP contribution >= 0.6 is 12.2 Å². The van der Waals surface area contributed by atoms with Crippen molar-refractivity contribution in [3.8, 4) is 0 Å². The number of aryl methyl sites for hydroxylation is 1. The first-order valence-corrected chi connectivity index (χ1v) is 7.15. The zero-order valence-electron chi connectivity index (χ0n) is 9.80. The van der Waals surface area contributed by atoms with Crippen LogP contribution in [0.2, 0.25) is 0 Å². The van der Waals surface area contributed by atoms with Gasteiger partial charge in [-0.25, -0.2) is 13.1 Å². The van der Waals surface area contributed by atoms with Crippen molar-refractivity contribution in [1.82, 2.24) is 4.72 Å². The molecule has 17 heavy (non-hydrogen) atoms. The van der Waals surface area contributed by atoms with Gasteiger partial charge in [0.15, 0.2) is 0 Å². The van der Waals surface area contributed by atoms with Crippen molar-refractivity contribution < 1.29 is 8.42 Å². The van der Waals surface area contributed by atoms with E-state index in [1.165, 1.54) is 0 Å². The number of hydrogen-bond donors (Lipinski definition) is 2. The molecule has 0 aliphatic rings. The second kappa shape index (κ2) is 5.57. The molecular weight excluding hydrogens is 256 g/mol. The molecule has 4 nitrogen and oxygen atoms in total. The van der Waals surface area contributed by atoms with E-state index in [1.54, 1.807) is 31.2 Å². The molecule has 0 fully saturated rings. The Kier molecular flexibility index (Phi) is 4.62. The highest BCUT2D eigenvalue weighted by Crippen LogP contribution is 2.14. The summed E-state index contributed by atoms with van der Waals surface area (Å²) in [5, 5.41) is 0. The maximum atomic E-state index is 12.1. The lowest BCUT2D eigenvalue weighted by atomic mass is 10.2. The summed E-state index contributed by atoms with van der Waals surface area (Å²) in [5.74, 6) is 0. The van der Waals surface area contributed by atoms with Crippen LogP contribution in [-0.2, 0) is 10.0 Å². The Morgan fingerprint density at radius 1 is 1.47 bits per heavy atom. The summed E-state index contributed by atoms with van der Waals surface area (Å²) in [6.45, 7) is 3.57. The lowest BCUT2D eigenvalue weighted by Crippen LogP contribution is -2.43. The molecule has 1 aromatic carbocycles. The van der Waals surface area contributed by atoms with Gasteiger partial charge < -0.3 is 5.73 Å². The molecule has 1 rings (SSSR count). The standard InChI is InChI=1S/C11H16N2O2S2/c1-3-9(11(12)16)13-17(14,15)10-7-5-4-6-8(10)2/h4-7,9,13H,3H2,1-2H3,(H2,12,16). The van der Waals surface area contributed by atoms with Crippen LogP contribution in [0.15, 0.2) is 29.2 Å². The molecule has 0 radical (unpaired) electrons. The molecule has 0 aromatic heterocycles. The van der Waals surface area contributed by atoms with Crippen LogP contribution in [0, 0.1) is 6.92 Å². The molecule has 1 unspecified atom stereocenters. The minimum Gasteiger partial charge on any atom is -0.392 e. The molecule has 0 saturated heterocycles. The average molecular weight is 272 g/mol. The van der Waals surface area contributed by atoms with Crippen LogP contribution < -0.4 is 10.5 Å². The van der Waals surface area contributed by atoms with Crippen LogP contribution in [0.3, 0.4) is 0 Å². The quantitative estimate of drug-likeness (QED) is 0.793. The average Bonchev–Trinajstić information content (AvgIpc) is 2.26. The van der Waals surface area contributed by atoms with E-state index in [9.17, 15) is 8.42 Å². The largest absolute Gasteiger partial charge is 0.392 e. The summed E-state index contributed by atoms with van der Waals surface area (Å²) in [4.78, 5) is 0.416. The first kappa shape index (κ1) is 14.1. The fourth-order valence-electron chi connectivity index (χ4n) is 1.45. The Bertz CT molecular complexity index is 512. The van der Waals surface area contributed by atoms with Gasteiger partial charge in [-0.3, -0.25) is 0 Å².